The summed E-state index contributed by atoms with van der Waals surface area (Å²) in [7, 11) is 0. The summed E-state index contributed by atoms with van der Waals surface area (Å²) in [5, 5.41) is 18.8. The minimum atomic E-state index is -0.492. The molecular weight excluding hydrogens is 192 g/mol. The first-order chi connectivity index (χ1) is 6.95. The molecule has 0 aromatic carbocycles. The van der Waals surface area contributed by atoms with E-state index in [9.17, 15) is 10.2 Å². The van der Waals surface area contributed by atoms with Crippen molar-refractivity contribution in [2.45, 2.75) is 39.9 Å². The molecule has 3 heteroatoms. The Balaban J connectivity index is 3.79. The van der Waals surface area contributed by atoms with Crippen molar-refractivity contribution in [1.29, 1.82) is 0 Å². The highest BCUT2D eigenvalue weighted by atomic mass is 16.5. The van der Waals surface area contributed by atoms with Crippen LogP contribution < -0.4 is 0 Å². The van der Waals surface area contributed by atoms with Crippen molar-refractivity contribution in [3.05, 3.63) is 24.7 Å². The normalized spacial score (nSPS) is 16.8. The summed E-state index contributed by atoms with van der Waals surface area (Å²) >= 11 is 0. The van der Waals surface area contributed by atoms with E-state index in [2.05, 4.69) is 0 Å². The summed E-state index contributed by atoms with van der Waals surface area (Å²) in [6, 6.07) is 0. The van der Waals surface area contributed by atoms with Gasteiger partial charge < -0.3 is 14.9 Å². The van der Waals surface area contributed by atoms with Crippen LogP contribution in [0.2, 0.25) is 0 Å². The Labute approximate surface area is 92.1 Å². The third kappa shape index (κ3) is 7.17. The van der Waals surface area contributed by atoms with Crippen LogP contribution in [0.5, 0.6) is 0 Å². The van der Waals surface area contributed by atoms with E-state index in [1.54, 1.807) is 12.2 Å². The Morgan fingerprint density at radius 1 is 0.800 bits per heavy atom. The van der Waals surface area contributed by atoms with Gasteiger partial charge in [-0.25, -0.2) is 0 Å². The molecule has 0 aliphatic rings. The zero-order valence-corrected chi connectivity index (χ0v) is 9.92. The van der Waals surface area contributed by atoms with Crippen LogP contribution in [-0.2, 0) is 4.74 Å². The van der Waals surface area contributed by atoms with Gasteiger partial charge in [0.25, 0.3) is 0 Å². The average Bonchev–Trinajstić information content (AvgIpc) is 2.16. The summed E-state index contributed by atoms with van der Waals surface area (Å²) in [6.45, 7) is 7.70. The van der Waals surface area contributed by atoms with E-state index in [0.717, 1.165) is 0 Å². The summed E-state index contributed by atoms with van der Waals surface area (Å²) in [5.41, 5.74) is 0. The highest BCUT2D eigenvalue weighted by molar-refractivity contribution is 4.89. The van der Waals surface area contributed by atoms with Gasteiger partial charge in [0.05, 0.1) is 24.7 Å². The molecule has 0 bridgehead atoms. The van der Waals surface area contributed by atoms with E-state index < -0.39 is 12.2 Å². The maximum Gasteiger partial charge on any atom is 0.0887 e. The molecule has 0 fully saturated rings. The largest absolute Gasteiger partial charge is 0.473 e. The minimum absolute atomic E-state index is 0.176. The van der Waals surface area contributed by atoms with Crippen molar-refractivity contribution in [2.24, 2.45) is 11.8 Å². The fourth-order valence-corrected chi connectivity index (χ4v) is 0.742. The highest BCUT2D eigenvalue weighted by Crippen LogP contribution is 2.03. The number of hydrogen-bond donors (Lipinski definition) is 2. The molecule has 0 saturated carbocycles. The van der Waals surface area contributed by atoms with E-state index in [4.69, 9.17) is 4.74 Å². The van der Waals surface area contributed by atoms with E-state index in [1.165, 1.54) is 12.5 Å². The summed E-state index contributed by atoms with van der Waals surface area (Å²) in [4.78, 5) is 0. The van der Waals surface area contributed by atoms with Crippen LogP contribution in [0.15, 0.2) is 24.7 Å². The van der Waals surface area contributed by atoms with Crippen LogP contribution in [0.4, 0.5) is 0 Å². The molecule has 0 aromatic rings. The van der Waals surface area contributed by atoms with Crippen molar-refractivity contribution in [2.75, 3.05) is 0 Å². The van der Waals surface area contributed by atoms with Crippen LogP contribution >= 0.6 is 0 Å². The lowest BCUT2D eigenvalue weighted by atomic mass is 10.1. The van der Waals surface area contributed by atoms with E-state index in [0.29, 0.717) is 0 Å². The van der Waals surface area contributed by atoms with Crippen molar-refractivity contribution in [3.8, 4) is 0 Å². The van der Waals surface area contributed by atoms with Crippen LogP contribution in [0.3, 0.4) is 0 Å². The highest BCUT2D eigenvalue weighted by Gasteiger charge is 2.04. The van der Waals surface area contributed by atoms with E-state index in [-0.39, 0.29) is 11.8 Å². The molecule has 88 valence electrons. The molecule has 0 saturated heterocycles. The van der Waals surface area contributed by atoms with Gasteiger partial charge >= 0.3 is 0 Å². The molecule has 2 atom stereocenters. The van der Waals surface area contributed by atoms with Crippen molar-refractivity contribution in [1.82, 2.24) is 0 Å². The van der Waals surface area contributed by atoms with Crippen LogP contribution in [0, 0.1) is 11.8 Å². The molecule has 15 heavy (non-hydrogen) atoms. The number of hydrogen-bond acceptors (Lipinski definition) is 3. The number of aliphatic hydroxyl groups is 2. The molecule has 0 amide bonds. The molecule has 3 nitrogen and oxygen atoms in total. The first kappa shape index (κ1) is 14.2. The fourth-order valence-electron chi connectivity index (χ4n) is 0.742. The molecule has 0 heterocycles. The molecule has 0 aliphatic heterocycles. The van der Waals surface area contributed by atoms with Gasteiger partial charge in [0.15, 0.2) is 0 Å². The van der Waals surface area contributed by atoms with Crippen molar-refractivity contribution in [3.63, 3.8) is 0 Å². The molecule has 0 rings (SSSR count). The predicted octanol–water partition coefficient (Wildman–Crippen LogP) is 2.06. The van der Waals surface area contributed by atoms with Crippen LogP contribution in [0.1, 0.15) is 27.7 Å². The van der Waals surface area contributed by atoms with Crippen LogP contribution in [-0.4, -0.2) is 22.4 Å². The monoisotopic (exact) mass is 214 g/mol. The lowest BCUT2D eigenvalue weighted by Gasteiger charge is -2.09. The number of aliphatic hydroxyl groups excluding tert-OH is 2. The van der Waals surface area contributed by atoms with Gasteiger partial charge in [0.2, 0.25) is 0 Å². The molecule has 0 radical (unpaired) electrons. The Morgan fingerprint density at radius 3 is 1.40 bits per heavy atom. The SMILES string of the molecule is CC(C)C(O)/C=C/O/C=C/C(O)C(C)C. The van der Waals surface area contributed by atoms with E-state index in [1.807, 2.05) is 27.7 Å². The maximum absolute atomic E-state index is 9.38. The van der Waals surface area contributed by atoms with Gasteiger partial charge in [-0.05, 0) is 24.0 Å². The third-order valence-corrected chi connectivity index (χ3v) is 2.07. The van der Waals surface area contributed by atoms with Gasteiger partial charge in [0.1, 0.15) is 0 Å². The second-order valence-corrected chi connectivity index (χ2v) is 4.26. The zero-order valence-electron chi connectivity index (χ0n) is 9.92. The quantitative estimate of drug-likeness (QED) is 0.665. The average molecular weight is 214 g/mol. The molecular formula is C12H22O3. The second kappa shape index (κ2) is 7.49. The maximum atomic E-state index is 9.38. The Kier molecular flexibility index (Phi) is 7.09. The Bertz CT molecular complexity index is 185. The third-order valence-electron chi connectivity index (χ3n) is 2.07. The lowest BCUT2D eigenvalue weighted by Crippen LogP contribution is -2.11. The van der Waals surface area contributed by atoms with Gasteiger partial charge in [-0.15, -0.1) is 0 Å². The molecule has 2 N–H and O–H groups in total. The van der Waals surface area contributed by atoms with Crippen molar-refractivity contribution >= 4 is 0 Å². The lowest BCUT2D eigenvalue weighted by molar-refractivity contribution is 0.165. The minimum Gasteiger partial charge on any atom is -0.473 e. The molecule has 2 unspecified atom stereocenters. The summed E-state index contributed by atoms with van der Waals surface area (Å²) in [6.07, 6.45) is 5.03. The summed E-state index contributed by atoms with van der Waals surface area (Å²) in [5.74, 6) is 0.352. The van der Waals surface area contributed by atoms with E-state index >= 15 is 0 Å². The molecule has 0 aliphatic carbocycles. The Morgan fingerprint density at radius 2 is 1.13 bits per heavy atom. The van der Waals surface area contributed by atoms with Gasteiger partial charge in [-0.1, -0.05) is 27.7 Å². The fraction of sp³-hybridized carbons (Fsp3) is 0.667. The van der Waals surface area contributed by atoms with Crippen molar-refractivity contribution < 1.29 is 14.9 Å². The van der Waals surface area contributed by atoms with Gasteiger partial charge in [0, 0.05) is 0 Å². The Hall–Kier alpha value is -0.800. The summed E-state index contributed by atoms with van der Waals surface area (Å²) < 4.78 is 4.99. The van der Waals surface area contributed by atoms with Crippen LogP contribution in [0.25, 0.3) is 0 Å². The van der Waals surface area contributed by atoms with Gasteiger partial charge in [-0.3, -0.25) is 0 Å². The topological polar surface area (TPSA) is 49.7 Å². The number of rotatable bonds is 6. The molecule has 0 aromatic heterocycles. The smallest absolute Gasteiger partial charge is 0.0887 e. The zero-order chi connectivity index (χ0) is 11.8. The standard InChI is InChI=1S/C12H22O3/c1-9(2)11(13)5-7-15-8-6-12(14)10(3)4/h5-14H,1-4H3/b7-5+,8-6+. The number of ether oxygens (including phenoxy) is 1. The first-order valence-corrected chi connectivity index (χ1v) is 5.30. The second-order valence-electron chi connectivity index (χ2n) is 4.26. The first-order valence-electron chi connectivity index (χ1n) is 5.30. The molecule has 0 spiro atoms. The van der Waals surface area contributed by atoms with Gasteiger partial charge in [-0.2, -0.15) is 0 Å². The predicted molar refractivity (Wildman–Crippen MR) is 61.1 cm³/mol.